The summed E-state index contributed by atoms with van der Waals surface area (Å²) in [5.41, 5.74) is 2.10. The zero-order valence-corrected chi connectivity index (χ0v) is 10.1. The van der Waals surface area contributed by atoms with Gasteiger partial charge in [0, 0.05) is 25.2 Å². The normalized spacial score (nSPS) is 14.6. The van der Waals surface area contributed by atoms with Crippen molar-refractivity contribution >= 4 is 11.8 Å². The maximum Gasteiger partial charge on any atom is 0.409 e. The molecule has 1 heterocycles. The van der Waals surface area contributed by atoms with Crippen LogP contribution < -0.4 is 0 Å². The number of nitrogens with zero attached hydrogens (tertiary/aromatic N) is 2. The Bertz CT molecular complexity index is 487. The second kappa shape index (κ2) is 5.03. The van der Waals surface area contributed by atoms with Gasteiger partial charge in [0.25, 0.3) is 5.69 Å². The number of rotatable bonds is 1. The molecule has 18 heavy (non-hydrogen) atoms. The van der Waals surface area contributed by atoms with Crippen molar-refractivity contribution in [3.05, 3.63) is 39.4 Å². The molecule has 0 saturated heterocycles. The molecular formula is C12H14N2O4. The number of hydrogen-bond acceptors (Lipinski definition) is 4. The first-order chi connectivity index (χ1) is 8.61. The molecule has 1 aromatic carbocycles. The van der Waals surface area contributed by atoms with E-state index in [9.17, 15) is 14.9 Å². The van der Waals surface area contributed by atoms with Gasteiger partial charge in [-0.15, -0.1) is 0 Å². The number of nitro benzene ring substituents is 1. The molecular weight excluding hydrogens is 236 g/mol. The van der Waals surface area contributed by atoms with Crippen LogP contribution >= 0.6 is 0 Å². The molecule has 0 aromatic heterocycles. The van der Waals surface area contributed by atoms with E-state index in [1.54, 1.807) is 17.0 Å². The quantitative estimate of drug-likeness (QED) is 0.562. The number of hydrogen-bond donors (Lipinski definition) is 0. The lowest BCUT2D eigenvalue weighted by atomic mass is 10.0. The van der Waals surface area contributed by atoms with Crippen LogP contribution in [0.5, 0.6) is 0 Å². The summed E-state index contributed by atoms with van der Waals surface area (Å²) in [5.74, 6) is 0. The van der Waals surface area contributed by atoms with Crippen LogP contribution in [-0.4, -0.2) is 36.1 Å². The van der Waals surface area contributed by atoms with Gasteiger partial charge in [-0.05, 0) is 24.0 Å². The molecule has 2 rings (SSSR count). The van der Waals surface area contributed by atoms with Crippen LogP contribution in [0.25, 0.3) is 0 Å². The predicted molar refractivity (Wildman–Crippen MR) is 64.5 cm³/mol. The predicted octanol–water partition coefficient (Wildman–Crippen LogP) is 1.76. The van der Waals surface area contributed by atoms with E-state index in [4.69, 9.17) is 0 Å². The Morgan fingerprint density at radius 2 is 2.00 bits per heavy atom. The lowest BCUT2D eigenvalue weighted by Gasteiger charge is -2.17. The van der Waals surface area contributed by atoms with Crippen molar-refractivity contribution in [1.29, 1.82) is 0 Å². The third-order valence-corrected chi connectivity index (χ3v) is 3.14. The zero-order valence-electron chi connectivity index (χ0n) is 10.1. The maximum atomic E-state index is 11.4. The van der Waals surface area contributed by atoms with E-state index in [0.29, 0.717) is 25.9 Å². The van der Waals surface area contributed by atoms with E-state index in [-0.39, 0.29) is 11.8 Å². The van der Waals surface area contributed by atoms with E-state index in [0.717, 1.165) is 11.1 Å². The summed E-state index contributed by atoms with van der Waals surface area (Å²) in [6, 6.07) is 4.87. The highest BCUT2D eigenvalue weighted by atomic mass is 16.6. The SMILES string of the molecule is COC(=O)N1CCc2ccc([N+](=O)[O-])cc2CC1. The molecule has 0 N–H and O–H groups in total. The number of carbonyl (C=O) groups is 1. The van der Waals surface area contributed by atoms with Crippen LogP contribution in [0.4, 0.5) is 10.5 Å². The highest BCUT2D eigenvalue weighted by Crippen LogP contribution is 2.21. The number of fused-ring (bicyclic) bond motifs is 1. The Hall–Kier alpha value is -2.11. The summed E-state index contributed by atoms with van der Waals surface area (Å²) < 4.78 is 4.68. The van der Waals surface area contributed by atoms with Crippen LogP contribution in [0.2, 0.25) is 0 Å². The van der Waals surface area contributed by atoms with Crippen molar-refractivity contribution in [2.75, 3.05) is 20.2 Å². The average molecular weight is 250 g/mol. The van der Waals surface area contributed by atoms with Gasteiger partial charge in [0.1, 0.15) is 0 Å². The standard InChI is InChI=1S/C12H14N2O4/c1-18-12(15)13-6-4-9-2-3-11(14(16)17)8-10(9)5-7-13/h2-3,8H,4-7H2,1H3. The lowest BCUT2D eigenvalue weighted by molar-refractivity contribution is -0.384. The van der Waals surface area contributed by atoms with E-state index >= 15 is 0 Å². The Morgan fingerprint density at radius 3 is 2.61 bits per heavy atom. The van der Waals surface area contributed by atoms with Gasteiger partial charge in [-0.3, -0.25) is 10.1 Å². The fraction of sp³-hybridized carbons (Fsp3) is 0.417. The number of non-ortho nitro benzene ring substituents is 1. The molecule has 0 radical (unpaired) electrons. The molecule has 1 aliphatic heterocycles. The first-order valence-corrected chi connectivity index (χ1v) is 5.71. The smallest absolute Gasteiger partial charge is 0.409 e. The highest BCUT2D eigenvalue weighted by molar-refractivity contribution is 5.67. The van der Waals surface area contributed by atoms with Crippen LogP contribution in [-0.2, 0) is 17.6 Å². The summed E-state index contributed by atoms with van der Waals surface area (Å²) in [5, 5.41) is 10.7. The number of amides is 1. The highest BCUT2D eigenvalue weighted by Gasteiger charge is 2.20. The van der Waals surface area contributed by atoms with Gasteiger partial charge >= 0.3 is 6.09 Å². The molecule has 0 atom stereocenters. The Kier molecular flexibility index (Phi) is 3.45. The minimum atomic E-state index is -0.400. The second-order valence-corrected chi connectivity index (χ2v) is 4.17. The molecule has 0 unspecified atom stereocenters. The van der Waals surface area contributed by atoms with Gasteiger partial charge in [-0.2, -0.15) is 0 Å². The Labute approximate surface area is 104 Å². The topological polar surface area (TPSA) is 72.7 Å². The number of nitro groups is 1. The van der Waals surface area contributed by atoms with Gasteiger partial charge in [0.15, 0.2) is 0 Å². The van der Waals surface area contributed by atoms with Crippen LogP contribution in [0.3, 0.4) is 0 Å². The second-order valence-electron chi connectivity index (χ2n) is 4.17. The summed E-state index contributed by atoms with van der Waals surface area (Å²) in [6.07, 6.45) is 0.964. The number of ether oxygens (including phenoxy) is 1. The van der Waals surface area contributed by atoms with Crippen LogP contribution in [0.1, 0.15) is 11.1 Å². The molecule has 0 spiro atoms. The first kappa shape index (κ1) is 12.3. The lowest BCUT2D eigenvalue weighted by Crippen LogP contribution is -2.33. The van der Waals surface area contributed by atoms with Crippen molar-refractivity contribution in [3.63, 3.8) is 0 Å². The molecule has 6 nitrogen and oxygen atoms in total. The molecule has 0 fully saturated rings. The van der Waals surface area contributed by atoms with Gasteiger partial charge in [0.2, 0.25) is 0 Å². The minimum absolute atomic E-state index is 0.0975. The summed E-state index contributed by atoms with van der Waals surface area (Å²) >= 11 is 0. The van der Waals surface area contributed by atoms with E-state index in [2.05, 4.69) is 4.74 Å². The van der Waals surface area contributed by atoms with E-state index in [1.165, 1.54) is 13.2 Å². The minimum Gasteiger partial charge on any atom is -0.453 e. The molecule has 0 bridgehead atoms. The number of carbonyl (C=O) groups excluding carboxylic acids is 1. The Morgan fingerprint density at radius 1 is 1.33 bits per heavy atom. The van der Waals surface area contributed by atoms with Gasteiger partial charge in [0.05, 0.1) is 12.0 Å². The molecule has 0 aliphatic carbocycles. The average Bonchev–Trinajstić information content (AvgIpc) is 2.59. The van der Waals surface area contributed by atoms with Crippen molar-refractivity contribution in [1.82, 2.24) is 4.90 Å². The molecule has 1 aliphatic rings. The summed E-state index contributed by atoms with van der Waals surface area (Å²) in [7, 11) is 1.35. The molecule has 1 amide bonds. The molecule has 96 valence electrons. The van der Waals surface area contributed by atoms with E-state index in [1.807, 2.05) is 0 Å². The van der Waals surface area contributed by atoms with E-state index < -0.39 is 4.92 Å². The zero-order chi connectivity index (χ0) is 13.1. The third-order valence-electron chi connectivity index (χ3n) is 3.14. The monoisotopic (exact) mass is 250 g/mol. The van der Waals surface area contributed by atoms with Crippen LogP contribution in [0.15, 0.2) is 18.2 Å². The maximum absolute atomic E-state index is 11.4. The molecule has 1 aromatic rings. The first-order valence-electron chi connectivity index (χ1n) is 5.71. The van der Waals surface area contributed by atoms with Crippen molar-refractivity contribution in [2.24, 2.45) is 0 Å². The summed E-state index contributed by atoms with van der Waals surface area (Å²) in [6.45, 7) is 1.11. The molecule has 0 saturated carbocycles. The van der Waals surface area contributed by atoms with Gasteiger partial charge < -0.3 is 9.64 Å². The van der Waals surface area contributed by atoms with Crippen molar-refractivity contribution < 1.29 is 14.5 Å². The van der Waals surface area contributed by atoms with Crippen molar-refractivity contribution in [3.8, 4) is 0 Å². The fourth-order valence-electron chi connectivity index (χ4n) is 2.14. The summed E-state index contributed by atoms with van der Waals surface area (Å²) in [4.78, 5) is 23.4. The largest absolute Gasteiger partial charge is 0.453 e. The third kappa shape index (κ3) is 2.42. The Balaban J connectivity index is 2.20. The number of methoxy groups -OCH3 is 1. The van der Waals surface area contributed by atoms with Crippen LogP contribution in [0, 0.1) is 10.1 Å². The van der Waals surface area contributed by atoms with Gasteiger partial charge in [-0.25, -0.2) is 4.79 Å². The van der Waals surface area contributed by atoms with Gasteiger partial charge in [-0.1, -0.05) is 6.07 Å². The van der Waals surface area contributed by atoms with Crippen molar-refractivity contribution in [2.45, 2.75) is 12.8 Å². The number of benzene rings is 1. The molecule has 6 heteroatoms. The fourth-order valence-corrected chi connectivity index (χ4v) is 2.14.